The molecule has 2 aliphatic heterocycles. The van der Waals surface area contributed by atoms with Crippen LogP contribution < -0.4 is 9.64 Å². The molecule has 0 aliphatic carbocycles. The molecule has 2 aliphatic rings. The highest BCUT2D eigenvalue weighted by Crippen LogP contribution is 2.32. The first kappa shape index (κ1) is 25.5. The Kier molecular flexibility index (Phi) is 7.52. The molecule has 8 heteroatoms. The number of urea groups is 1. The van der Waals surface area contributed by atoms with E-state index < -0.39 is 5.60 Å². The number of likely N-dealkylation sites (tertiary alicyclic amines) is 1. The number of methoxy groups -OCH3 is 1. The number of imide groups is 1. The van der Waals surface area contributed by atoms with E-state index in [1.54, 1.807) is 16.9 Å². The predicted octanol–water partition coefficient (Wildman–Crippen LogP) is 5.17. The Morgan fingerprint density at radius 3 is 2.33 bits per heavy atom. The molecule has 2 fully saturated rings. The minimum Gasteiger partial charge on any atom is -0.497 e. The van der Waals surface area contributed by atoms with Gasteiger partial charge in [0.05, 0.1) is 13.7 Å². The Morgan fingerprint density at radius 1 is 1.00 bits per heavy atom. The highest BCUT2D eigenvalue weighted by Gasteiger charge is 2.33. The molecule has 8 nitrogen and oxygen atoms in total. The highest BCUT2D eigenvalue weighted by atomic mass is 16.6. The normalized spacial score (nSPS) is 17.4. The van der Waals surface area contributed by atoms with Gasteiger partial charge in [0.25, 0.3) is 0 Å². The topological polar surface area (TPSA) is 79.4 Å². The zero-order valence-electron chi connectivity index (χ0n) is 21.5. The number of carbonyl (C=O) groups excluding carboxylic acids is 3. The molecule has 0 N–H and O–H groups in total. The average molecular weight is 494 g/mol. The number of nitrogens with zero attached hydrogens (tertiary/aromatic N) is 3. The van der Waals surface area contributed by atoms with E-state index in [0.29, 0.717) is 25.6 Å². The molecule has 2 saturated heterocycles. The summed E-state index contributed by atoms with van der Waals surface area (Å²) in [5, 5.41) is 0. The summed E-state index contributed by atoms with van der Waals surface area (Å²) < 4.78 is 10.7. The van der Waals surface area contributed by atoms with Crippen molar-refractivity contribution in [3.63, 3.8) is 0 Å². The van der Waals surface area contributed by atoms with Crippen LogP contribution >= 0.6 is 0 Å². The van der Waals surface area contributed by atoms with Gasteiger partial charge in [-0.05, 0) is 74.9 Å². The lowest BCUT2D eigenvalue weighted by molar-refractivity contribution is -0.129. The van der Waals surface area contributed by atoms with Gasteiger partial charge in [-0.3, -0.25) is 14.6 Å². The SMILES string of the molecule is COc1ccc(CN2C(=O)CCN(c3cccc(C4CCN(C(=O)OC(C)(C)C)CC4)c3)C2=O)cc1. The molecule has 4 rings (SSSR count). The summed E-state index contributed by atoms with van der Waals surface area (Å²) in [7, 11) is 1.60. The maximum Gasteiger partial charge on any atom is 0.410 e. The molecule has 36 heavy (non-hydrogen) atoms. The van der Waals surface area contributed by atoms with Gasteiger partial charge in [0.2, 0.25) is 5.91 Å². The van der Waals surface area contributed by atoms with Gasteiger partial charge >= 0.3 is 12.1 Å². The van der Waals surface area contributed by atoms with E-state index >= 15 is 0 Å². The number of anilines is 1. The van der Waals surface area contributed by atoms with Crippen LogP contribution in [0.25, 0.3) is 0 Å². The minimum atomic E-state index is -0.508. The van der Waals surface area contributed by atoms with Crippen molar-refractivity contribution in [2.75, 3.05) is 31.6 Å². The first-order valence-corrected chi connectivity index (χ1v) is 12.5. The van der Waals surface area contributed by atoms with E-state index in [4.69, 9.17) is 9.47 Å². The molecule has 2 aromatic carbocycles. The average Bonchev–Trinajstić information content (AvgIpc) is 2.86. The zero-order valence-corrected chi connectivity index (χ0v) is 21.5. The van der Waals surface area contributed by atoms with Crippen LogP contribution in [-0.4, -0.2) is 60.2 Å². The molecular formula is C28H35N3O5. The van der Waals surface area contributed by atoms with Gasteiger partial charge in [0.15, 0.2) is 0 Å². The van der Waals surface area contributed by atoms with Crippen molar-refractivity contribution in [3.8, 4) is 5.75 Å². The van der Waals surface area contributed by atoms with Crippen molar-refractivity contribution in [2.45, 2.75) is 58.1 Å². The fraction of sp³-hybridized carbons (Fsp3) is 0.464. The molecular weight excluding hydrogens is 458 g/mol. The number of piperidine rings is 1. The van der Waals surface area contributed by atoms with Crippen LogP contribution in [0.5, 0.6) is 5.75 Å². The number of ether oxygens (including phenoxy) is 2. The van der Waals surface area contributed by atoms with Gasteiger partial charge in [0.1, 0.15) is 11.4 Å². The monoisotopic (exact) mass is 493 g/mol. The van der Waals surface area contributed by atoms with Crippen molar-refractivity contribution in [3.05, 3.63) is 59.7 Å². The zero-order chi connectivity index (χ0) is 25.9. The van der Waals surface area contributed by atoms with E-state index in [-0.39, 0.29) is 31.0 Å². The molecule has 4 amide bonds. The number of benzene rings is 2. The molecule has 0 saturated carbocycles. The van der Waals surface area contributed by atoms with Crippen LogP contribution in [0.1, 0.15) is 57.1 Å². The minimum absolute atomic E-state index is 0.169. The Balaban J connectivity index is 1.42. The van der Waals surface area contributed by atoms with Gasteiger partial charge in [-0.2, -0.15) is 0 Å². The van der Waals surface area contributed by atoms with Crippen molar-refractivity contribution in [1.29, 1.82) is 0 Å². The largest absolute Gasteiger partial charge is 0.497 e. The number of carbonyl (C=O) groups is 3. The summed E-state index contributed by atoms with van der Waals surface area (Å²) in [6, 6.07) is 15.1. The molecule has 2 heterocycles. The standard InChI is InChI=1S/C28H35N3O5/c1-28(2,3)36-27(34)29-15-12-21(13-16-29)22-6-5-7-23(18-22)30-17-14-25(32)31(26(30)33)19-20-8-10-24(35-4)11-9-20/h5-11,18,21H,12-17,19H2,1-4H3. The number of amides is 4. The fourth-order valence-corrected chi connectivity index (χ4v) is 4.67. The van der Waals surface area contributed by atoms with Crippen LogP contribution in [0.3, 0.4) is 0 Å². The second kappa shape index (κ2) is 10.6. The van der Waals surface area contributed by atoms with Gasteiger partial charge in [-0.15, -0.1) is 0 Å². The van der Waals surface area contributed by atoms with Gasteiger partial charge in [0, 0.05) is 31.7 Å². The molecule has 0 spiro atoms. The molecule has 0 bridgehead atoms. The Morgan fingerprint density at radius 2 is 1.69 bits per heavy atom. The van der Waals surface area contributed by atoms with Gasteiger partial charge in [-0.25, -0.2) is 9.59 Å². The third-order valence-corrected chi connectivity index (χ3v) is 6.61. The first-order chi connectivity index (χ1) is 17.1. The summed E-state index contributed by atoms with van der Waals surface area (Å²) in [4.78, 5) is 43.1. The lowest BCUT2D eigenvalue weighted by atomic mass is 9.89. The van der Waals surface area contributed by atoms with Crippen LogP contribution in [0.4, 0.5) is 15.3 Å². The number of rotatable bonds is 5. The van der Waals surface area contributed by atoms with E-state index in [0.717, 1.165) is 35.4 Å². The Hall–Kier alpha value is -3.55. The molecule has 0 atom stereocenters. The maximum absolute atomic E-state index is 13.3. The van der Waals surface area contributed by atoms with Crippen LogP contribution in [0, 0.1) is 0 Å². The molecule has 0 aromatic heterocycles. The fourth-order valence-electron chi connectivity index (χ4n) is 4.67. The van der Waals surface area contributed by atoms with Gasteiger partial charge < -0.3 is 14.4 Å². The van der Waals surface area contributed by atoms with E-state index in [1.807, 2.05) is 63.2 Å². The van der Waals surface area contributed by atoms with Crippen molar-refractivity contribution in [1.82, 2.24) is 9.80 Å². The highest BCUT2D eigenvalue weighted by molar-refractivity contribution is 6.05. The van der Waals surface area contributed by atoms with Gasteiger partial charge in [-0.1, -0.05) is 24.3 Å². The molecule has 0 radical (unpaired) electrons. The van der Waals surface area contributed by atoms with E-state index in [1.165, 1.54) is 4.90 Å². The van der Waals surface area contributed by atoms with Crippen LogP contribution in [-0.2, 0) is 16.1 Å². The Bertz CT molecular complexity index is 1100. The van der Waals surface area contributed by atoms with Crippen molar-refractivity contribution in [2.24, 2.45) is 0 Å². The second-order valence-corrected chi connectivity index (χ2v) is 10.3. The summed E-state index contributed by atoms with van der Waals surface area (Å²) in [6.07, 6.45) is 1.67. The lowest BCUT2D eigenvalue weighted by Gasteiger charge is -2.35. The van der Waals surface area contributed by atoms with E-state index in [2.05, 4.69) is 6.07 Å². The van der Waals surface area contributed by atoms with Crippen LogP contribution in [0.15, 0.2) is 48.5 Å². The van der Waals surface area contributed by atoms with Crippen molar-refractivity contribution >= 4 is 23.7 Å². The third-order valence-electron chi connectivity index (χ3n) is 6.61. The maximum atomic E-state index is 13.3. The van der Waals surface area contributed by atoms with Crippen molar-refractivity contribution < 1.29 is 23.9 Å². The van der Waals surface area contributed by atoms with E-state index in [9.17, 15) is 14.4 Å². The first-order valence-electron chi connectivity index (χ1n) is 12.5. The third kappa shape index (κ3) is 5.98. The number of hydrogen-bond donors (Lipinski definition) is 0. The number of hydrogen-bond acceptors (Lipinski definition) is 5. The van der Waals surface area contributed by atoms with Crippen LogP contribution in [0.2, 0.25) is 0 Å². The quantitative estimate of drug-likeness (QED) is 0.574. The summed E-state index contributed by atoms with van der Waals surface area (Å²) in [5.74, 6) is 0.851. The predicted molar refractivity (Wildman–Crippen MR) is 137 cm³/mol. The molecule has 2 aromatic rings. The second-order valence-electron chi connectivity index (χ2n) is 10.3. The molecule has 192 valence electrons. The summed E-state index contributed by atoms with van der Waals surface area (Å²) in [5.41, 5.74) is 2.29. The smallest absolute Gasteiger partial charge is 0.410 e. The summed E-state index contributed by atoms with van der Waals surface area (Å²) >= 11 is 0. The lowest BCUT2D eigenvalue weighted by Crippen LogP contribution is -2.52. The molecule has 0 unspecified atom stereocenters. The summed E-state index contributed by atoms with van der Waals surface area (Å²) in [6.45, 7) is 7.47. The Labute approximate surface area is 212 Å².